The monoisotopic (exact) mass is 288 g/mol. The Labute approximate surface area is 116 Å². The molecule has 3 rings (SSSR count). The van der Waals surface area contributed by atoms with Crippen molar-refractivity contribution in [2.75, 3.05) is 0 Å². The second kappa shape index (κ2) is 4.41. The maximum atomic E-state index is 13.7. The van der Waals surface area contributed by atoms with E-state index in [1.807, 2.05) is 0 Å². The Morgan fingerprint density at radius 1 is 1.21 bits per heavy atom. The van der Waals surface area contributed by atoms with Gasteiger partial charge in [0.25, 0.3) is 5.92 Å². The van der Waals surface area contributed by atoms with E-state index in [-0.39, 0.29) is 23.3 Å². The molecule has 2 aliphatic carbocycles. The number of rotatable bonds is 1. The molecule has 1 aromatic carbocycles. The molecule has 2 aliphatic rings. The molecule has 0 aromatic heterocycles. The lowest BCUT2D eigenvalue weighted by atomic mass is 9.84. The zero-order valence-electron chi connectivity index (χ0n) is 10.7. The Balaban J connectivity index is 1.95. The van der Waals surface area contributed by atoms with E-state index >= 15 is 0 Å². The van der Waals surface area contributed by atoms with Crippen LogP contribution in [0, 0.1) is 24.6 Å². The Bertz CT molecular complexity index is 512. The Kier molecular flexibility index (Phi) is 3.08. The van der Waals surface area contributed by atoms with Gasteiger partial charge in [-0.25, -0.2) is 13.2 Å². The lowest BCUT2D eigenvalue weighted by Gasteiger charge is -2.22. The maximum Gasteiger partial charge on any atom is 0.251 e. The van der Waals surface area contributed by atoms with Crippen LogP contribution in [0.5, 0.6) is 0 Å². The first-order valence-electron chi connectivity index (χ1n) is 6.74. The molecule has 0 aliphatic heterocycles. The highest BCUT2D eigenvalue weighted by Crippen LogP contribution is 2.58. The largest absolute Gasteiger partial charge is 0.251 e. The zero-order chi connectivity index (χ0) is 13.8. The Morgan fingerprint density at radius 2 is 1.95 bits per heavy atom. The molecule has 3 atom stereocenters. The van der Waals surface area contributed by atoms with E-state index in [1.54, 1.807) is 13.0 Å². The van der Waals surface area contributed by atoms with Gasteiger partial charge < -0.3 is 0 Å². The van der Waals surface area contributed by atoms with Crippen LogP contribution in [-0.4, -0.2) is 5.92 Å². The van der Waals surface area contributed by atoms with E-state index < -0.39 is 17.7 Å². The highest BCUT2D eigenvalue weighted by molar-refractivity contribution is 6.31. The van der Waals surface area contributed by atoms with E-state index in [4.69, 9.17) is 11.6 Å². The second-order valence-electron chi connectivity index (χ2n) is 5.83. The standard InChI is InChI=1S/C15H16ClF3/c1-8-9(3-5-13(17)14(8)16)10-2-4-12-11(10)6-7-15(12,18)19/h3,5,10-12H,2,4,6-7H2,1H3/t10?,11-,12+/m1/s1. The lowest BCUT2D eigenvalue weighted by Crippen LogP contribution is -2.23. The van der Waals surface area contributed by atoms with Gasteiger partial charge in [0, 0.05) is 12.3 Å². The number of alkyl halides is 2. The third kappa shape index (κ3) is 1.97. The highest BCUT2D eigenvalue weighted by Gasteiger charge is 2.55. The summed E-state index contributed by atoms with van der Waals surface area (Å²) < 4.78 is 40.9. The molecule has 0 N–H and O–H groups in total. The van der Waals surface area contributed by atoms with Crippen LogP contribution < -0.4 is 0 Å². The molecule has 1 unspecified atom stereocenters. The van der Waals surface area contributed by atoms with Gasteiger partial charge in [0.2, 0.25) is 0 Å². The molecule has 0 nitrogen and oxygen atoms in total. The fourth-order valence-corrected chi connectivity index (χ4v) is 4.17. The van der Waals surface area contributed by atoms with Crippen LogP contribution in [0.15, 0.2) is 12.1 Å². The average Bonchev–Trinajstić information content (AvgIpc) is 2.89. The molecule has 0 heterocycles. The van der Waals surface area contributed by atoms with Gasteiger partial charge in [-0.2, -0.15) is 0 Å². The summed E-state index contributed by atoms with van der Waals surface area (Å²) in [5, 5.41) is 0.130. The number of hydrogen-bond acceptors (Lipinski definition) is 0. The molecule has 0 spiro atoms. The van der Waals surface area contributed by atoms with Crippen molar-refractivity contribution in [1.82, 2.24) is 0 Å². The van der Waals surface area contributed by atoms with E-state index in [9.17, 15) is 13.2 Å². The minimum absolute atomic E-state index is 0.00714. The summed E-state index contributed by atoms with van der Waals surface area (Å²) in [5.41, 5.74) is 1.67. The Morgan fingerprint density at radius 3 is 2.68 bits per heavy atom. The molecule has 104 valence electrons. The predicted molar refractivity (Wildman–Crippen MR) is 69.3 cm³/mol. The van der Waals surface area contributed by atoms with Crippen LogP contribution in [0.1, 0.15) is 42.7 Å². The summed E-state index contributed by atoms with van der Waals surface area (Å²) in [5.74, 6) is -3.32. The van der Waals surface area contributed by atoms with Gasteiger partial charge in [0.15, 0.2) is 0 Å². The molecular weight excluding hydrogens is 273 g/mol. The summed E-state index contributed by atoms with van der Waals surface area (Å²) in [7, 11) is 0. The second-order valence-corrected chi connectivity index (χ2v) is 6.21. The van der Waals surface area contributed by atoms with Gasteiger partial charge in [0.1, 0.15) is 5.82 Å². The first kappa shape index (κ1) is 13.3. The van der Waals surface area contributed by atoms with Crippen molar-refractivity contribution in [3.63, 3.8) is 0 Å². The van der Waals surface area contributed by atoms with Crippen molar-refractivity contribution in [2.45, 2.75) is 44.4 Å². The van der Waals surface area contributed by atoms with Crippen molar-refractivity contribution >= 4 is 11.6 Å². The van der Waals surface area contributed by atoms with Gasteiger partial charge in [-0.15, -0.1) is 0 Å². The predicted octanol–water partition coefficient (Wildman–Crippen LogP) is 5.33. The number of hydrogen-bond donors (Lipinski definition) is 0. The third-order valence-electron chi connectivity index (χ3n) is 4.96. The van der Waals surface area contributed by atoms with Crippen molar-refractivity contribution in [2.24, 2.45) is 11.8 Å². The molecule has 0 bridgehead atoms. The summed E-state index contributed by atoms with van der Waals surface area (Å²) in [6, 6.07) is 3.07. The lowest BCUT2D eigenvalue weighted by molar-refractivity contribution is -0.0409. The molecular formula is C15H16ClF3. The SMILES string of the molecule is Cc1c(C2CC[C@H]3[C@@H]2CCC3(F)F)ccc(F)c1Cl. The fourth-order valence-electron chi connectivity index (χ4n) is 3.99. The van der Waals surface area contributed by atoms with E-state index in [0.29, 0.717) is 18.4 Å². The van der Waals surface area contributed by atoms with Crippen LogP contribution in [0.4, 0.5) is 13.2 Å². The summed E-state index contributed by atoms with van der Waals surface area (Å²) >= 11 is 5.94. The highest BCUT2D eigenvalue weighted by atomic mass is 35.5. The molecule has 0 saturated heterocycles. The molecule has 2 saturated carbocycles. The number of fused-ring (bicyclic) bond motifs is 1. The van der Waals surface area contributed by atoms with E-state index in [2.05, 4.69) is 0 Å². The van der Waals surface area contributed by atoms with Gasteiger partial charge >= 0.3 is 0 Å². The quantitative estimate of drug-likeness (QED) is 0.655. The third-order valence-corrected chi connectivity index (χ3v) is 5.42. The maximum absolute atomic E-state index is 13.7. The van der Waals surface area contributed by atoms with Crippen molar-refractivity contribution in [3.05, 3.63) is 34.1 Å². The minimum Gasteiger partial charge on any atom is -0.207 e. The van der Waals surface area contributed by atoms with E-state index in [1.165, 1.54) is 6.07 Å². The number of benzene rings is 1. The van der Waals surface area contributed by atoms with Gasteiger partial charge in [-0.05, 0) is 55.2 Å². The normalized spacial score (nSPS) is 32.6. The molecule has 19 heavy (non-hydrogen) atoms. The zero-order valence-corrected chi connectivity index (χ0v) is 11.5. The smallest absolute Gasteiger partial charge is 0.207 e. The van der Waals surface area contributed by atoms with Crippen LogP contribution in [-0.2, 0) is 0 Å². The first-order chi connectivity index (χ1) is 8.92. The first-order valence-corrected chi connectivity index (χ1v) is 7.12. The molecule has 0 radical (unpaired) electrons. The van der Waals surface area contributed by atoms with Gasteiger partial charge in [-0.1, -0.05) is 17.7 Å². The molecule has 1 aromatic rings. The van der Waals surface area contributed by atoms with Crippen LogP contribution >= 0.6 is 11.6 Å². The van der Waals surface area contributed by atoms with E-state index in [0.717, 1.165) is 12.0 Å². The van der Waals surface area contributed by atoms with Crippen molar-refractivity contribution in [3.8, 4) is 0 Å². The summed E-state index contributed by atoms with van der Waals surface area (Å²) in [4.78, 5) is 0. The topological polar surface area (TPSA) is 0 Å². The van der Waals surface area contributed by atoms with Crippen LogP contribution in [0.25, 0.3) is 0 Å². The van der Waals surface area contributed by atoms with Crippen molar-refractivity contribution in [1.29, 1.82) is 0 Å². The van der Waals surface area contributed by atoms with Crippen LogP contribution in [0.3, 0.4) is 0 Å². The summed E-state index contributed by atoms with van der Waals surface area (Å²) in [6.45, 7) is 1.78. The average molecular weight is 289 g/mol. The van der Waals surface area contributed by atoms with Crippen molar-refractivity contribution < 1.29 is 13.2 Å². The molecule has 4 heteroatoms. The molecule has 2 fully saturated rings. The summed E-state index contributed by atoms with van der Waals surface area (Å²) in [6.07, 6.45) is 1.88. The minimum atomic E-state index is -2.52. The number of halogens is 4. The fraction of sp³-hybridized carbons (Fsp3) is 0.600. The van der Waals surface area contributed by atoms with Crippen LogP contribution in [0.2, 0.25) is 5.02 Å². The van der Waals surface area contributed by atoms with Gasteiger partial charge in [-0.3, -0.25) is 0 Å². The molecule has 0 amide bonds. The Hall–Kier alpha value is -0.700. The van der Waals surface area contributed by atoms with Gasteiger partial charge in [0.05, 0.1) is 5.02 Å².